The van der Waals surface area contributed by atoms with Crippen LogP contribution in [0.25, 0.3) is 61.8 Å². The number of amides is 2. The largest absolute Gasteiger partial charge is 0.453 e. The van der Waals surface area contributed by atoms with Crippen molar-refractivity contribution in [1.82, 2.24) is 62.4 Å². The van der Waals surface area contributed by atoms with Gasteiger partial charge in [-0.25, -0.2) is 29.7 Å². The lowest BCUT2D eigenvalue weighted by atomic mass is 10.0. The highest BCUT2D eigenvalue weighted by Gasteiger charge is 2.34. The van der Waals surface area contributed by atoms with Crippen LogP contribution in [0.4, 0.5) is 34.5 Å². The van der Waals surface area contributed by atoms with Crippen LogP contribution in [0.1, 0.15) is 72.1 Å². The van der Waals surface area contributed by atoms with Gasteiger partial charge >= 0.3 is 6.09 Å². The van der Waals surface area contributed by atoms with Crippen molar-refractivity contribution in [2.24, 2.45) is 0 Å². The molecule has 11 aromatic rings. The number of nitrogens with zero attached hydrogens (tertiary/aromatic N) is 18. The predicted molar refractivity (Wildman–Crippen MR) is 450 cm³/mol. The van der Waals surface area contributed by atoms with E-state index in [1.165, 1.54) is 72.1 Å². The first-order valence-corrected chi connectivity index (χ1v) is 40.9. The average Bonchev–Trinajstić information content (AvgIpc) is 1.62. The van der Waals surface area contributed by atoms with E-state index in [0.29, 0.717) is 19.6 Å². The monoisotopic (exact) mass is 1580 g/mol. The molecule has 4 saturated heterocycles. The molecule has 114 heavy (non-hydrogen) atoms. The Morgan fingerprint density at radius 2 is 0.737 bits per heavy atom. The second-order valence-electron chi connectivity index (χ2n) is 30.2. The van der Waals surface area contributed by atoms with Gasteiger partial charge in [-0.2, -0.15) is 0 Å². The maximum absolute atomic E-state index is 12.0. The Balaban J connectivity index is 0.000000113. The van der Waals surface area contributed by atoms with Crippen molar-refractivity contribution < 1.29 is 33.3 Å². The number of methoxy groups -OCH3 is 1. The fraction of sp³-hybridized carbons (Fsp3) is 0.425. The number of fused-ring (bicyclic) bond motifs is 5. The first-order chi connectivity index (χ1) is 55.6. The molecule has 4 fully saturated rings. The number of carbonyl (C=O) groups is 2. The Hall–Kier alpha value is -10.3. The Morgan fingerprint density at radius 1 is 0.404 bits per heavy atom. The standard InChI is InChI=1S/C19H24N4O3.C19H24N4O2.C18H23N3O.C17H20ClN3O.C14H13ClN4/c1-14-3-5-15(6-4-14)17-16-13-22(19(24)25-2)7-8-23(16)18(20-17)21-9-11-26-12-10-21;1-14-3-5-16(6-4-14)18-17-13-22(15(2)24)7-8-23(17)19(20-18)21-9-11-25-12-10-21;1-14-5-7-15(8-6-14)17-16-4-2-3-9-21(16)18(19-17)20-10-12-22-13-11-20;18-14-6-4-13(5-7-14)16-15-3-1-2-8-21(15)17(19-16)20-9-11-22-12-10-20;1-18(2)14-17-13(10-3-5-11(15)6-4-10)12-9-16-7-8-19(12)14/h3-6H,7-13H2,1-2H3;3-6H,7-13H2,1-2H3;5-8H,2-4,9-13H2,1H3;4-7H,1-3,8-12H2;3-9H,1-2H3. The smallest absolute Gasteiger partial charge is 0.409 e. The highest BCUT2D eigenvalue weighted by Crippen LogP contribution is 2.39. The summed E-state index contributed by atoms with van der Waals surface area (Å²) in [4.78, 5) is 67.8. The van der Waals surface area contributed by atoms with Crippen molar-refractivity contribution in [2.75, 3.05) is 164 Å². The van der Waals surface area contributed by atoms with Gasteiger partial charge in [0.15, 0.2) is 0 Å². The summed E-state index contributed by atoms with van der Waals surface area (Å²) >= 11 is 11.9. The highest BCUT2D eigenvalue weighted by molar-refractivity contribution is 6.31. The molecule has 5 aromatic carbocycles. The Morgan fingerprint density at radius 3 is 1.10 bits per heavy atom. The molecular formula is C87H104Cl2N18O7. The molecule has 0 unspecified atom stereocenters. The number of morpholine rings is 4. The average molecular weight is 1580 g/mol. The molecule has 598 valence electrons. The van der Waals surface area contributed by atoms with Crippen molar-refractivity contribution in [3.8, 4) is 56.3 Å². The van der Waals surface area contributed by atoms with Gasteiger partial charge < -0.3 is 76.3 Å². The lowest BCUT2D eigenvalue weighted by Crippen LogP contribution is -2.41. The lowest BCUT2D eigenvalue weighted by Gasteiger charge is -2.32. The highest BCUT2D eigenvalue weighted by atomic mass is 35.5. The minimum absolute atomic E-state index is 0.121. The van der Waals surface area contributed by atoms with E-state index in [0.717, 1.165) is 252 Å². The second-order valence-corrected chi connectivity index (χ2v) is 31.1. The van der Waals surface area contributed by atoms with Gasteiger partial charge in [0, 0.05) is 174 Å². The number of aryl methyl sites for hydroxylation is 3. The van der Waals surface area contributed by atoms with E-state index in [1.807, 2.05) is 77.1 Å². The molecule has 0 bridgehead atoms. The van der Waals surface area contributed by atoms with Gasteiger partial charge in [0.2, 0.25) is 35.6 Å². The topological polar surface area (TPSA) is 204 Å². The van der Waals surface area contributed by atoms with E-state index < -0.39 is 0 Å². The third kappa shape index (κ3) is 17.8. The van der Waals surface area contributed by atoms with Gasteiger partial charge in [0.05, 0.1) is 125 Å². The third-order valence-corrected chi connectivity index (χ3v) is 22.8. The van der Waals surface area contributed by atoms with E-state index in [1.54, 1.807) is 18.0 Å². The zero-order valence-corrected chi connectivity index (χ0v) is 68.2. The minimum atomic E-state index is -0.291. The zero-order chi connectivity index (χ0) is 78.8. The summed E-state index contributed by atoms with van der Waals surface area (Å²) in [6, 6.07) is 41.3. The van der Waals surface area contributed by atoms with Crippen molar-refractivity contribution in [1.29, 1.82) is 0 Å². The summed E-state index contributed by atoms with van der Waals surface area (Å²) in [5, 5.41) is 1.49. The van der Waals surface area contributed by atoms with Crippen LogP contribution >= 0.6 is 23.2 Å². The van der Waals surface area contributed by atoms with Crippen molar-refractivity contribution in [3.63, 3.8) is 0 Å². The third-order valence-electron chi connectivity index (χ3n) is 22.3. The Bertz CT molecular complexity index is 4950. The van der Waals surface area contributed by atoms with Gasteiger partial charge in [-0.05, 0) is 83.6 Å². The number of anilines is 5. The number of imidazole rings is 5. The van der Waals surface area contributed by atoms with Crippen LogP contribution in [0, 0.1) is 20.8 Å². The summed E-state index contributed by atoms with van der Waals surface area (Å²) in [7, 11) is 5.37. The van der Waals surface area contributed by atoms with Crippen LogP contribution in [0.5, 0.6) is 0 Å². The minimum Gasteiger partial charge on any atom is -0.453 e. The van der Waals surface area contributed by atoms with E-state index in [9.17, 15) is 9.59 Å². The molecule has 6 aromatic heterocycles. The first kappa shape index (κ1) is 79.0. The van der Waals surface area contributed by atoms with Crippen LogP contribution in [-0.4, -0.2) is 214 Å². The number of ether oxygens (including phenoxy) is 5. The van der Waals surface area contributed by atoms with Crippen LogP contribution in [0.15, 0.2) is 140 Å². The van der Waals surface area contributed by atoms with Gasteiger partial charge in [0.25, 0.3) is 0 Å². The molecule has 25 nitrogen and oxygen atoms in total. The summed E-state index contributed by atoms with van der Waals surface area (Å²) in [5.74, 6) is 5.24. The van der Waals surface area contributed by atoms with E-state index in [-0.39, 0.29) is 12.0 Å². The van der Waals surface area contributed by atoms with Crippen LogP contribution in [0.2, 0.25) is 10.0 Å². The number of aromatic nitrogens is 11. The van der Waals surface area contributed by atoms with Gasteiger partial charge in [-0.1, -0.05) is 137 Å². The molecule has 0 saturated carbocycles. The molecule has 0 aliphatic carbocycles. The lowest BCUT2D eigenvalue weighted by molar-refractivity contribution is -0.130. The van der Waals surface area contributed by atoms with Crippen molar-refractivity contribution >= 4 is 70.5 Å². The predicted octanol–water partition coefficient (Wildman–Crippen LogP) is 13.9. The zero-order valence-electron chi connectivity index (χ0n) is 66.7. The Labute approximate surface area is 677 Å². The molecule has 19 rings (SSSR count). The molecular weight excluding hydrogens is 1480 g/mol. The fourth-order valence-corrected chi connectivity index (χ4v) is 16.3. The number of hydrogen-bond acceptors (Lipinski definition) is 18. The maximum atomic E-state index is 12.0. The molecule has 2 amide bonds. The number of rotatable bonds is 10. The SMILES string of the molecule is CC(=O)N1CCn2c(N3CCOCC3)nc(-c3ccc(C)cc3)c2C1.CN(C)c1nc(-c2ccc(Cl)cc2)c2cnccn12.COC(=O)N1CCn2c(N3CCOCC3)nc(-c3ccc(C)cc3)c2C1.Cc1ccc(-c2nc(N3CCOCC3)n3c2CCCC3)cc1.Clc1ccc(-c2nc(N3CCOCC3)n3c2CCCC3)cc1. The Kier molecular flexibility index (Phi) is 25.3. The number of halogens is 2. The van der Waals surface area contributed by atoms with Crippen molar-refractivity contribution in [2.45, 2.75) is 105 Å². The van der Waals surface area contributed by atoms with Crippen molar-refractivity contribution in [3.05, 3.63) is 189 Å². The fourth-order valence-electron chi connectivity index (χ4n) is 16.0. The molecule has 0 spiro atoms. The number of carbonyl (C=O) groups excluding carboxylic acids is 2. The molecule has 8 aliphatic rings. The number of hydrogen-bond donors (Lipinski definition) is 0. The summed E-state index contributed by atoms with van der Waals surface area (Å²) in [5.41, 5.74) is 20.5. The van der Waals surface area contributed by atoms with Gasteiger partial charge in [0.1, 0.15) is 0 Å². The quantitative estimate of drug-likeness (QED) is 0.125. The van der Waals surface area contributed by atoms with Crippen LogP contribution in [-0.2, 0) is 80.6 Å². The molecule has 27 heteroatoms. The summed E-state index contributed by atoms with van der Waals surface area (Å²) in [6.07, 6.45) is 12.5. The van der Waals surface area contributed by atoms with E-state index in [4.69, 9.17) is 71.8 Å². The molecule has 0 N–H and O–H groups in total. The van der Waals surface area contributed by atoms with Crippen LogP contribution < -0.4 is 24.5 Å². The normalized spacial score (nSPS) is 16.6. The summed E-state index contributed by atoms with van der Waals surface area (Å²) in [6.45, 7) is 27.4. The summed E-state index contributed by atoms with van der Waals surface area (Å²) < 4.78 is 38.3. The van der Waals surface area contributed by atoms with Crippen LogP contribution in [0.3, 0.4) is 0 Å². The van der Waals surface area contributed by atoms with E-state index >= 15 is 0 Å². The van der Waals surface area contributed by atoms with Gasteiger partial charge in [-0.3, -0.25) is 14.2 Å². The van der Waals surface area contributed by atoms with Gasteiger partial charge in [-0.15, -0.1) is 0 Å². The molecule has 14 heterocycles. The number of benzene rings is 5. The maximum Gasteiger partial charge on any atom is 0.409 e. The second kappa shape index (κ2) is 36.5. The molecule has 0 atom stereocenters. The van der Waals surface area contributed by atoms with E-state index in [2.05, 4.69) is 149 Å². The first-order valence-electron chi connectivity index (χ1n) is 40.1. The molecule has 8 aliphatic heterocycles. The molecule has 0 radical (unpaired) electrons.